The van der Waals surface area contributed by atoms with Gasteiger partial charge in [-0.05, 0) is 42.1 Å². The molecule has 12 heteroatoms. The highest BCUT2D eigenvalue weighted by Gasteiger charge is 2.33. The highest BCUT2D eigenvalue weighted by atomic mass is 35.5. The molecule has 3 heterocycles. The molecule has 0 radical (unpaired) electrons. The summed E-state index contributed by atoms with van der Waals surface area (Å²) in [6, 6.07) is 8.73. The number of carbonyl (C=O) groups is 2. The summed E-state index contributed by atoms with van der Waals surface area (Å²) in [4.78, 5) is 30.1. The molecule has 8 nitrogen and oxygen atoms in total. The summed E-state index contributed by atoms with van der Waals surface area (Å²) in [7, 11) is 2.82. The third kappa shape index (κ3) is 4.44. The molecule has 1 aromatic carbocycles. The van der Waals surface area contributed by atoms with E-state index in [4.69, 9.17) is 21.1 Å². The number of hydrogen-bond donors (Lipinski definition) is 1. The minimum absolute atomic E-state index is 0.00507. The number of fused-ring (bicyclic) bond motifs is 1. The number of anilines is 1. The number of alkyl halides is 3. The smallest absolute Gasteiger partial charge is 0.364 e. The third-order valence-electron chi connectivity index (χ3n) is 4.88. The van der Waals surface area contributed by atoms with Crippen LogP contribution in [0.15, 0.2) is 41.8 Å². The fourth-order valence-electron chi connectivity index (χ4n) is 3.30. The molecule has 0 aliphatic carbocycles. The summed E-state index contributed by atoms with van der Waals surface area (Å²) in [5.74, 6) is -0.499. The van der Waals surface area contributed by atoms with Gasteiger partial charge >= 0.3 is 5.38 Å². The second-order valence-electron chi connectivity index (χ2n) is 7.06. The van der Waals surface area contributed by atoms with E-state index < -0.39 is 17.0 Å². The van der Waals surface area contributed by atoms with Gasteiger partial charge in [0.15, 0.2) is 28.6 Å². The van der Waals surface area contributed by atoms with Gasteiger partial charge in [0.05, 0.1) is 30.5 Å². The van der Waals surface area contributed by atoms with Gasteiger partial charge in [0.1, 0.15) is 5.69 Å². The molecule has 3 aromatic heterocycles. The molecule has 1 N–H and O–H groups in total. The number of amides is 1. The average Bonchev–Trinajstić information content (AvgIpc) is 3.47. The zero-order chi connectivity index (χ0) is 24.6. The lowest BCUT2D eigenvalue weighted by Crippen LogP contribution is -2.16. The van der Waals surface area contributed by atoms with E-state index in [9.17, 15) is 18.4 Å². The Bertz CT molecular complexity index is 1400. The number of ether oxygens (including phenoxy) is 2. The standard InChI is InChI=1S/C22H17ClF2N4O4S/c1-11(30)12-7-16(32-2)17(33-3)8-13(12)27-21(31)15-10-20-26-14(18-5-4-6-34-18)9-19(22(23,24)25)29(20)28-15/h4-10H,1-3H3,(H,27,31). The van der Waals surface area contributed by atoms with Gasteiger partial charge in [-0.2, -0.15) is 13.9 Å². The van der Waals surface area contributed by atoms with Gasteiger partial charge in [-0.25, -0.2) is 9.50 Å². The molecule has 4 rings (SSSR count). The van der Waals surface area contributed by atoms with Crippen molar-refractivity contribution in [1.82, 2.24) is 14.6 Å². The van der Waals surface area contributed by atoms with Gasteiger partial charge in [-0.1, -0.05) is 6.07 Å². The third-order valence-corrected chi connectivity index (χ3v) is 5.96. The predicted molar refractivity (Wildman–Crippen MR) is 124 cm³/mol. The first-order valence-electron chi connectivity index (χ1n) is 9.72. The number of hydrogen-bond acceptors (Lipinski definition) is 7. The number of nitrogens with zero attached hydrogens (tertiary/aromatic N) is 3. The number of Topliss-reactive ketones (excluding diaryl/α,β-unsaturated/α-hetero) is 1. The van der Waals surface area contributed by atoms with E-state index in [1.165, 1.54) is 50.7 Å². The van der Waals surface area contributed by atoms with Crippen LogP contribution < -0.4 is 14.8 Å². The zero-order valence-corrected chi connectivity index (χ0v) is 19.6. The minimum Gasteiger partial charge on any atom is -0.493 e. The number of nitrogens with one attached hydrogen (secondary N) is 1. The molecular weight excluding hydrogens is 490 g/mol. The Kier molecular flexibility index (Phi) is 6.24. The van der Waals surface area contributed by atoms with Gasteiger partial charge in [0.25, 0.3) is 5.91 Å². The molecule has 176 valence electrons. The second-order valence-corrected chi connectivity index (χ2v) is 8.49. The maximum Gasteiger partial charge on any atom is 0.364 e. The monoisotopic (exact) mass is 506 g/mol. The van der Waals surface area contributed by atoms with Gasteiger partial charge < -0.3 is 14.8 Å². The van der Waals surface area contributed by atoms with Crippen molar-refractivity contribution in [2.45, 2.75) is 12.3 Å². The Morgan fingerprint density at radius 2 is 1.85 bits per heavy atom. The molecule has 0 fully saturated rings. The van der Waals surface area contributed by atoms with Crippen LogP contribution in [0.4, 0.5) is 14.5 Å². The summed E-state index contributed by atoms with van der Waals surface area (Å²) in [5.41, 5.74) is -0.267. The summed E-state index contributed by atoms with van der Waals surface area (Å²) >= 11 is 6.64. The quantitative estimate of drug-likeness (QED) is 0.273. The van der Waals surface area contributed by atoms with Crippen LogP contribution in [0.5, 0.6) is 11.5 Å². The average molecular weight is 507 g/mol. The SMILES string of the molecule is COc1cc(NC(=O)c2cc3nc(-c4cccs4)cc(C(F)(F)Cl)n3n2)c(C(C)=O)cc1OC. The van der Waals surface area contributed by atoms with E-state index in [0.717, 1.165) is 10.6 Å². The van der Waals surface area contributed by atoms with Crippen molar-refractivity contribution in [2.75, 3.05) is 19.5 Å². The van der Waals surface area contributed by atoms with Crippen LogP contribution in [0.2, 0.25) is 0 Å². The minimum atomic E-state index is -3.77. The lowest BCUT2D eigenvalue weighted by atomic mass is 10.1. The van der Waals surface area contributed by atoms with Crippen molar-refractivity contribution in [3.63, 3.8) is 0 Å². The molecule has 0 atom stereocenters. The number of methoxy groups -OCH3 is 2. The Balaban J connectivity index is 1.78. The van der Waals surface area contributed by atoms with Crippen LogP contribution in [0, 0.1) is 0 Å². The van der Waals surface area contributed by atoms with Gasteiger partial charge in [-0.3, -0.25) is 9.59 Å². The molecule has 0 unspecified atom stereocenters. The van der Waals surface area contributed by atoms with Crippen LogP contribution >= 0.6 is 22.9 Å². The molecule has 0 saturated heterocycles. The van der Waals surface area contributed by atoms with E-state index in [0.29, 0.717) is 10.6 Å². The van der Waals surface area contributed by atoms with Crippen molar-refractivity contribution in [2.24, 2.45) is 0 Å². The molecule has 0 aliphatic rings. The number of thiophene rings is 1. The Morgan fingerprint density at radius 3 is 2.44 bits per heavy atom. The summed E-state index contributed by atoms with van der Waals surface area (Å²) in [5, 5.41) is 4.58. The number of benzene rings is 1. The van der Waals surface area contributed by atoms with E-state index in [1.807, 2.05) is 0 Å². The maximum absolute atomic E-state index is 14.2. The second kappa shape index (κ2) is 8.99. The van der Waals surface area contributed by atoms with Crippen LogP contribution in [0.3, 0.4) is 0 Å². The molecule has 0 aliphatic heterocycles. The van der Waals surface area contributed by atoms with Crippen molar-refractivity contribution in [3.05, 3.63) is 58.7 Å². The Morgan fingerprint density at radius 1 is 1.15 bits per heavy atom. The first kappa shape index (κ1) is 23.6. The summed E-state index contributed by atoms with van der Waals surface area (Å²) in [6.45, 7) is 1.33. The molecule has 34 heavy (non-hydrogen) atoms. The van der Waals surface area contributed by atoms with E-state index in [1.54, 1.807) is 17.5 Å². The molecule has 4 aromatic rings. The first-order chi connectivity index (χ1) is 16.1. The normalized spacial score (nSPS) is 11.5. The fourth-order valence-corrected chi connectivity index (χ4v) is 4.12. The van der Waals surface area contributed by atoms with Crippen LogP contribution in [0.1, 0.15) is 33.5 Å². The van der Waals surface area contributed by atoms with Crippen LogP contribution in [0.25, 0.3) is 16.2 Å². The van der Waals surface area contributed by atoms with Crippen LogP contribution in [-0.4, -0.2) is 40.5 Å². The first-order valence-corrected chi connectivity index (χ1v) is 11.0. The number of aromatic nitrogens is 3. The summed E-state index contributed by atoms with van der Waals surface area (Å²) in [6.07, 6.45) is 0. The topological polar surface area (TPSA) is 94.8 Å². The largest absolute Gasteiger partial charge is 0.493 e. The van der Waals surface area contributed by atoms with Gasteiger partial charge in [-0.15, -0.1) is 11.3 Å². The molecule has 0 spiro atoms. The van der Waals surface area contributed by atoms with Crippen LogP contribution in [-0.2, 0) is 5.38 Å². The van der Waals surface area contributed by atoms with Gasteiger partial charge in [0, 0.05) is 17.7 Å². The van der Waals surface area contributed by atoms with Crippen molar-refractivity contribution in [3.8, 4) is 22.1 Å². The predicted octanol–water partition coefficient (Wildman–Crippen LogP) is 5.22. The number of ketones is 1. The highest BCUT2D eigenvalue weighted by molar-refractivity contribution is 7.13. The maximum atomic E-state index is 14.2. The lowest BCUT2D eigenvalue weighted by molar-refractivity contribution is 0.0869. The number of carbonyl (C=O) groups excluding carboxylic acids is 2. The molecule has 0 bridgehead atoms. The summed E-state index contributed by atoms with van der Waals surface area (Å²) < 4.78 is 39.6. The molecule has 0 saturated carbocycles. The zero-order valence-electron chi connectivity index (χ0n) is 18.1. The Hall–Kier alpha value is -3.57. The van der Waals surface area contributed by atoms with E-state index >= 15 is 0 Å². The molecular formula is C22H17ClF2N4O4S. The molecule has 1 amide bonds. The van der Waals surface area contributed by atoms with Crippen molar-refractivity contribution >= 4 is 46.0 Å². The van der Waals surface area contributed by atoms with E-state index in [2.05, 4.69) is 15.4 Å². The van der Waals surface area contributed by atoms with Crippen molar-refractivity contribution in [1.29, 1.82) is 0 Å². The van der Waals surface area contributed by atoms with Gasteiger partial charge in [0.2, 0.25) is 0 Å². The fraction of sp³-hybridized carbons (Fsp3) is 0.182. The lowest BCUT2D eigenvalue weighted by Gasteiger charge is -2.14. The number of rotatable bonds is 7. The number of halogens is 3. The van der Waals surface area contributed by atoms with Crippen molar-refractivity contribution < 1.29 is 27.8 Å². The highest BCUT2D eigenvalue weighted by Crippen LogP contribution is 2.36. The van der Waals surface area contributed by atoms with E-state index in [-0.39, 0.29) is 39.8 Å². The Labute approximate surface area is 201 Å².